The number of esters is 1. The molecule has 0 aromatic heterocycles. The van der Waals surface area contributed by atoms with Crippen molar-refractivity contribution in [1.82, 2.24) is 10.2 Å². The molecule has 0 aromatic rings. The third kappa shape index (κ3) is 5.59. The molecular formula is C15H29N3O3S. The molecule has 128 valence electrons. The molecule has 1 N–H and O–H groups in total. The fraction of sp³-hybridized carbons (Fsp3) is 0.867. The average Bonchev–Trinajstić information content (AvgIpc) is 2.50. The Morgan fingerprint density at radius 2 is 1.95 bits per heavy atom. The minimum atomic E-state index is -0.871. The highest BCUT2D eigenvalue weighted by Crippen LogP contribution is 2.18. The number of methoxy groups -OCH3 is 1. The molecule has 1 atom stereocenters. The number of likely N-dealkylation sites (tertiary alicyclic amines) is 1. The van der Waals surface area contributed by atoms with Crippen molar-refractivity contribution in [2.75, 3.05) is 39.5 Å². The quantitative estimate of drug-likeness (QED) is 0.473. The van der Waals surface area contributed by atoms with E-state index in [1.54, 1.807) is 7.05 Å². The predicted molar refractivity (Wildman–Crippen MR) is 90.4 cm³/mol. The van der Waals surface area contributed by atoms with Gasteiger partial charge in [-0.2, -0.15) is 0 Å². The lowest BCUT2D eigenvalue weighted by Gasteiger charge is -2.33. The van der Waals surface area contributed by atoms with Crippen LogP contribution in [0.2, 0.25) is 0 Å². The minimum Gasteiger partial charge on any atom is -0.469 e. The van der Waals surface area contributed by atoms with Crippen LogP contribution in [0.3, 0.4) is 0 Å². The predicted octanol–water partition coefficient (Wildman–Crippen LogP) is 0.994. The molecule has 0 amide bonds. The van der Waals surface area contributed by atoms with Crippen LogP contribution < -0.4 is 5.32 Å². The van der Waals surface area contributed by atoms with Gasteiger partial charge in [-0.3, -0.25) is 14.0 Å². The minimum absolute atomic E-state index is 0.00671. The first-order valence-electron chi connectivity index (χ1n) is 7.71. The SMILES string of the molecule is CN=C(NCCS(=O)C(C)(C)C)N1CCC(C(=O)OC)CC1. The molecule has 1 aliphatic heterocycles. The zero-order chi connectivity index (χ0) is 16.8. The molecule has 0 saturated carbocycles. The van der Waals surface area contributed by atoms with Gasteiger partial charge in [-0.1, -0.05) is 0 Å². The third-order valence-corrected chi connectivity index (χ3v) is 5.74. The topological polar surface area (TPSA) is 71.0 Å². The molecular weight excluding hydrogens is 302 g/mol. The number of ether oxygens (including phenoxy) is 1. The van der Waals surface area contributed by atoms with Crippen LogP contribution in [0.5, 0.6) is 0 Å². The second-order valence-corrected chi connectivity index (χ2v) is 8.74. The van der Waals surface area contributed by atoms with Gasteiger partial charge in [-0.25, -0.2) is 0 Å². The van der Waals surface area contributed by atoms with Gasteiger partial charge >= 0.3 is 5.97 Å². The summed E-state index contributed by atoms with van der Waals surface area (Å²) in [6.07, 6.45) is 1.56. The first-order chi connectivity index (χ1) is 10.3. The van der Waals surface area contributed by atoms with Crippen molar-refractivity contribution in [2.24, 2.45) is 10.9 Å². The van der Waals surface area contributed by atoms with E-state index in [0.717, 1.165) is 31.9 Å². The Morgan fingerprint density at radius 1 is 1.36 bits per heavy atom. The number of hydrogen-bond acceptors (Lipinski definition) is 4. The van der Waals surface area contributed by atoms with Gasteiger partial charge in [-0.15, -0.1) is 0 Å². The zero-order valence-corrected chi connectivity index (χ0v) is 15.2. The number of nitrogens with one attached hydrogen (secondary N) is 1. The Morgan fingerprint density at radius 3 is 2.41 bits per heavy atom. The largest absolute Gasteiger partial charge is 0.469 e. The molecule has 1 saturated heterocycles. The molecule has 0 aromatic carbocycles. The van der Waals surface area contributed by atoms with E-state index in [-0.39, 0.29) is 16.6 Å². The van der Waals surface area contributed by atoms with Crippen molar-refractivity contribution in [2.45, 2.75) is 38.4 Å². The molecule has 1 fully saturated rings. The number of piperidine rings is 1. The number of carbonyl (C=O) groups is 1. The second-order valence-electron chi connectivity index (χ2n) is 6.42. The zero-order valence-electron chi connectivity index (χ0n) is 14.3. The smallest absolute Gasteiger partial charge is 0.308 e. The average molecular weight is 331 g/mol. The molecule has 1 unspecified atom stereocenters. The highest BCUT2D eigenvalue weighted by molar-refractivity contribution is 7.86. The van der Waals surface area contributed by atoms with Gasteiger partial charge in [0, 0.05) is 48.0 Å². The Hall–Kier alpha value is -1.11. The summed E-state index contributed by atoms with van der Waals surface area (Å²) in [5.74, 6) is 1.28. The lowest BCUT2D eigenvalue weighted by atomic mass is 9.97. The van der Waals surface area contributed by atoms with E-state index in [2.05, 4.69) is 15.2 Å². The van der Waals surface area contributed by atoms with Crippen LogP contribution in [0.4, 0.5) is 0 Å². The summed E-state index contributed by atoms with van der Waals surface area (Å²) in [4.78, 5) is 17.9. The lowest BCUT2D eigenvalue weighted by Crippen LogP contribution is -2.47. The molecule has 1 heterocycles. The molecule has 1 aliphatic rings. The Labute approximate surface area is 136 Å². The first-order valence-corrected chi connectivity index (χ1v) is 9.03. The summed E-state index contributed by atoms with van der Waals surface area (Å²) in [5.41, 5.74) is 0. The van der Waals surface area contributed by atoms with Crippen LogP contribution in [-0.2, 0) is 20.3 Å². The van der Waals surface area contributed by atoms with Crippen molar-refractivity contribution < 1.29 is 13.7 Å². The van der Waals surface area contributed by atoms with E-state index in [9.17, 15) is 9.00 Å². The van der Waals surface area contributed by atoms with Gasteiger partial charge in [0.15, 0.2) is 5.96 Å². The van der Waals surface area contributed by atoms with E-state index < -0.39 is 10.8 Å². The van der Waals surface area contributed by atoms with Crippen LogP contribution >= 0.6 is 0 Å². The highest BCUT2D eigenvalue weighted by Gasteiger charge is 2.27. The molecule has 6 nitrogen and oxygen atoms in total. The van der Waals surface area contributed by atoms with E-state index in [1.165, 1.54) is 7.11 Å². The monoisotopic (exact) mass is 331 g/mol. The normalized spacial score (nSPS) is 19.0. The second kappa shape index (κ2) is 8.50. The Bertz CT molecular complexity index is 424. The lowest BCUT2D eigenvalue weighted by molar-refractivity contribution is -0.146. The van der Waals surface area contributed by atoms with E-state index >= 15 is 0 Å². The molecule has 22 heavy (non-hydrogen) atoms. The van der Waals surface area contributed by atoms with Crippen molar-refractivity contribution in [3.8, 4) is 0 Å². The maximum absolute atomic E-state index is 12.0. The number of carbonyl (C=O) groups excluding carboxylic acids is 1. The van der Waals surface area contributed by atoms with Crippen LogP contribution in [0, 0.1) is 5.92 Å². The molecule has 0 radical (unpaired) electrons. The number of nitrogens with zero attached hydrogens (tertiary/aromatic N) is 2. The van der Waals surface area contributed by atoms with Crippen LogP contribution in [0.15, 0.2) is 4.99 Å². The van der Waals surface area contributed by atoms with Crippen LogP contribution in [0.25, 0.3) is 0 Å². The fourth-order valence-electron chi connectivity index (χ4n) is 2.39. The number of hydrogen-bond donors (Lipinski definition) is 1. The summed E-state index contributed by atoms with van der Waals surface area (Å²) >= 11 is 0. The first kappa shape index (κ1) is 18.9. The van der Waals surface area contributed by atoms with Gasteiger partial charge in [0.2, 0.25) is 0 Å². The fourth-order valence-corrected chi connectivity index (χ4v) is 3.29. The van der Waals surface area contributed by atoms with Crippen molar-refractivity contribution >= 4 is 22.7 Å². The number of guanidine groups is 1. The van der Waals surface area contributed by atoms with Gasteiger partial charge in [0.05, 0.1) is 13.0 Å². The van der Waals surface area contributed by atoms with Crippen molar-refractivity contribution in [3.63, 3.8) is 0 Å². The molecule has 0 aliphatic carbocycles. The summed E-state index contributed by atoms with van der Waals surface area (Å²) < 4.78 is 16.6. The van der Waals surface area contributed by atoms with Gasteiger partial charge in [-0.05, 0) is 33.6 Å². The molecule has 0 spiro atoms. The maximum atomic E-state index is 12.0. The summed E-state index contributed by atoms with van der Waals surface area (Å²) in [5, 5.41) is 3.27. The van der Waals surface area contributed by atoms with Crippen LogP contribution in [-0.4, -0.2) is 65.3 Å². The number of aliphatic imine (C=N–C) groups is 1. The van der Waals surface area contributed by atoms with Gasteiger partial charge < -0.3 is 15.0 Å². The number of rotatable bonds is 4. The van der Waals surface area contributed by atoms with E-state index in [4.69, 9.17) is 4.74 Å². The summed E-state index contributed by atoms with van der Waals surface area (Å²) in [7, 11) is 2.31. The summed E-state index contributed by atoms with van der Waals surface area (Å²) in [6.45, 7) is 8.14. The molecule has 0 bridgehead atoms. The standard InChI is InChI=1S/C15H29N3O3S/c1-15(2,3)22(20)11-8-17-14(16-4)18-9-6-12(7-10-18)13(19)21-5/h12H,6-11H2,1-5H3,(H,16,17). The van der Waals surface area contributed by atoms with Gasteiger partial charge in [0.1, 0.15) is 0 Å². The summed E-state index contributed by atoms with van der Waals surface area (Å²) in [6, 6.07) is 0. The molecule has 1 rings (SSSR count). The Kier molecular flexibility index (Phi) is 7.32. The van der Waals surface area contributed by atoms with Crippen molar-refractivity contribution in [3.05, 3.63) is 0 Å². The highest BCUT2D eigenvalue weighted by atomic mass is 32.2. The van der Waals surface area contributed by atoms with Gasteiger partial charge in [0.25, 0.3) is 0 Å². The molecule has 7 heteroatoms. The maximum Gasteiger partial charge on any atom is 0.308 e. The van der Waals surface area contributed by atoms with E-state index in [1.807, 2.05) is 20.8 Å². The Balaban J connectivity index is 2.41. The van der Waals surface area contributed by atoms with Crippen LogP contribution in [0.1, 0.15) is 33.6 Å². The van der Waals surface area contributed by atoms with Crippen molar-refractivity contribution in [1.29, 1.82) is 0 Å². The third-order valence-electron chi connectivity index (χ3n) is 3.79. The van der Waals surface area contributed by atoms with E-state index in [0.29, 0.717) is 12.3 Å².